The molecule has 4 atom stereocenters. The van der Waals surface area contributed by atoms with Gasteiger partial charge in [0, 0.05) is 54.8 Å². The summed E-state index contributed by atoms with van der Waals surface area (Å²) in [5.74, 6) is 2.91. The van der Waals surface area contributed by atoms with Crippen LogP contribution in [0.1, 0.15) is 72.2 Å². The molecule has 4 fully saturated rings. The maximum absolute atomic E-state index is 15.7. The number of piperazine rings is 1. The van der Waals surface area contributed by atoms with Gasteiger partial charge in [-0.25, -0.2) is 17.2 Å². The lowest BCUT2D eigenvalue weighted by molar-refractivity contribution is -0.138. The normalized spacial score (nSPS) is 29.0. The van der Waals surface area contributed by atoms with Gasteiger partial charge in [-0.2, -0.15) is 23.1 Å². The molecule has 1 aromatic carbocycles. The summed E-state index contributed by atoms with van der Waals surface area (Å²) in [6.07, 6.45) is -0.962. The summed E-state index contributed by atoms with van der Waals surface area (Å²) in [5, 5.41) is 1.59. The van der Waals surface area contributed by atoms with Gasteiger partial charge < -0.3 is 20.7 Å². The minimum Gasteiger partial charge on any atom is -0.461 e. The van der Waals surface area contributed by atoms with Crippen molar-refractivity contribution >= 4 is 21.3 Å². The lowest BCUT2D eigenvalue weighted by Crippen LogP contribution is -2.52. The van der Waals surface area contributed by atoms with Crippen LogP contribution in [0.4, 0.5) is 33.5 Å². The molecule has 47 heavy (non-hydrogen) atoms. The van der Waals surface area contributed by atoms with Gasteiger partial charge in [0.15, 0.2) is 15.7 Å². The molecule has 1 aromatic heterocycles. The van der Waals surface area contributed by atoms with E-state index in [0.29, 0.717) is 43.8 Å². The molecule has 2 aromatic rings. The van der Waals surface area contributed by atoms with E-state index in [1.807, 2.05) is 4.90 Å². The predicted molar refractivity (Wildman–Crippen MR) is 164 cm³/mol. The number of hydrogen-bond acceptors (Lipinski definition) is 9. The highest BCUT2D eigenvalue weighted by atomic mass is 32.2. The maximum Gasteiger partial charge on any atom is 0.418 e. The fourth-order valence-electron chi connectivity index (χ4n) is 8.19. The van der Waals surface area contributed by atoms with Crippen molar-refractivity contribution < 1.29 is 35.1 Å². The number of nitrogens with one attached hydrogen (secondary N) is 1. The van der Waals surface area contributed by atoms with E-state index < -0.39 is 67.2 Å². The highest BCUT2D eigenvalue weighted by Crippen LogP contribution is 2.47. The Morgan fingerprint density at radius 3 is 2.66 bits per heavy atom. The summed E-state index contributed by atoms with van der Waals surface area (Å²) in [6, 6.07) is 1.06. The van der Waals surface area contributed by atoms with Gasteiger partial charge in [0.2, 0.25) is 0 Å². The zero-order valence-corrected chi connectivity index (χ0v) is 26.6. The second kappa shape index (κ2) is 11.6. The summed E-state index contributed by atoms with van der Waals surface area (Å²) in [7, 11) is -4.43. The average molecular weight is 679 g/mol. The van der Waals surface area contributed by atoms with Gasteiger partial charge in [-0.05, 0) is 57.2 Å². The molecular formula is C32H35F5N6O3S. The molecule has 5 aliphatic rings. The van der Waals surface area contributed by atoms with Crippen LogP contribution < -0.4 is 20.7 Å². The molecule has 15 heteroatoms. The molecule has 252 valence electrons. The largest absolute Gasteiger partial charge is 0.461 e. The van der Waals surface area contributed by atoms with Crippen molar-refractivity contribution in [1.29, 1.82) is 0 Å². The molecule has 0 aliphatic carbocycles. The molecular weight excluding hydrogens is 643 g/mol. The molecule has 4 saturated heterocycles. The standard InChI is InChI=1S/C32H35F5N6O3S/c1-2-4-19-9-23(38)28(34)26(27(19)32(35,36)37)25-10-24-22(16-47(25,44)45)29(42-14-20-5-6-21(15-42)39-20)41-30(40-24)46-17-31-7-3-8-43(31)13-18(11-31)12-33/h9,12,20-21,25,39H,3,5-8,10-11,13-17,38H2,1H3/t20?,21?,25-,31-/m0/s1. The Kier molecular flexibility index (Phi) is 7.91. The molecule has 0 amide bonds. The molecule has 0 radical (unpaired) electrons. The van der Waals surface area contributed by atoms with Crippen molar-refractivity contribution in [3.05, 3.63) is 51.7 Å². The number of ether oxygens (including phenoxy) is 1. The first-order chi connectivity index (χ1) is 22.3. The summed E-state index contributed by atoms with van der Waals surface area (Å²) in [6.45, 7) is 3.85. The van der Waals surface area contributed by atoms with Crippen LogP contribution in [0.2, 0.25) is 0 Å². The number of rotatable bonds is 5. The fourth-order valence-corrected chi connectivity index (χ4v) is 10.1. The Labute approximate surface area is 269 Å². The number of benzene rings is 1. The molecule has 3 N–H and O–H groups in total. The molecule has 5 aliphatic heterocycles. The third kappa shape index (κ3) is 5.61. The van der Waals surface area contributed by atoms with Gasteiger partial charge in [-0.1, -0.05) is 5.92 Å². The van der Waals surface area contributed by atoms with Gasteiger partial charge in [0.25, 0.3) is 0 Å². The van der Waals surface area contributed by atoms with Crippen LogP contribution in [0.25, 0.3) is 0 Å². The topological polar surface area (TPSA) is 114 Å². The van der Waals surface area contributed by atoms with Gasteiger partial charge in [0.1, 0.15) is 12.4 Å². The van der Waals surface area contributed by atoms with Crippen molar-refractivity contribution in [3.63, 3.8) is 0 Å². The second-order valence-electron chi connectivity index (χ2n) is 13.3. The van der Waals surface area contributed by atoms with Crippen molar-refractivity contribution in [2.24, 2.45) is 0 Å². The van der Waals surface area contributed by atoms with Gasteiger partial charge in [-0.15, -0.1) is 5.92 Å². The Bertz CT molecular complexity index is 1810. The van der Waals surface area contributed by atoms with E-state index in [4.69, 9.17) is 15.5 Å². The van der Waals surface area contributed by atoms with Crippen LogP contribution in [0, 0.1) is 17.7 Å². The first-order valence-electron chi connectivity index (χ1n) is 15.7. The molecule has 0 spiro atoms. The lowest BCUT2D eigenvalue weighted by atomic mass is 9.93. The number of sulfone groups is 1. The molecule has 2 bridgehead atoms. The van der Waals surface area contributed by atoms with E-state index in [1.165, 1.54) is 6.92 Å². The quantitative estimate of drug-likeness (QED) is 0.273. The van der Waals surface area contributed by atoms with Crippen LogP contribution in [-0.4, -0.2) is 73.7 Å². The number of anilines is 2. The van der Waals surface area contributed by atoms with E-state index in [-0.39, 0.29) is 36.0 Å². The number of hydrogen-bond donors (Lipinski definition) is 2. The Morgan fingerprint density at radius 2 is 1.98 bits per heavy atom. The number of nitrogens with two attached hydrogens (primary N) is 1. The minimum absolute atomic E-state index is 0.0526. The van der Waals surface area contributed by atoms with Crippen molar-refractivity contribution in [2.75, 3.05) is 43.4 Å². The summed E-state index contributed by atoms with van der Waals surface area (Å²) in [4.78, 5) is 13.4. The number of halogens is 5. The van der Waals surface area contributed by atoms with E-state index in [2.05, 4.69) is 27.0 Å². The van der Waals surface area contributed by atoms with Crippen LogP contribution in [-0.2, 0) is 28.2 Å². The minimum atomic E-state index is -5.12. The van der Waals surface area contributed by atoms with E-state index in [0.717, 1.165) is 38.3 Å². The fraction of sp³-hybridized carbons (Fsp3) is 0.562. The number of alkyl halides is 3. The zero-order chi connectivity index (χ0) is 33.3. The Morgan fingerprint density at radius 1 is 1.23 bits per heavy atom. The number of nitrogens with zero attached hydrogens (tertiary/aromatic N) is 4. The Balaban J connectivity index is 1.32. The lowest BCUT2D eigenvalue weighted by Gasteiger charge is -2.37. The maximum atomic E-state index is 15.7. The van der Waals surface area contributed by atoms with E-state index in [9.17, 15) is 26.0 Å². The van der Waals surface area contributed by atoms with Crippen molar-refractivity contribution in [1.82, 2.24) is 20.2 Å². The molecule has 0 saturated carbocycles. The second-order valence-corrected chi connectivity index (χ2v) is 15.5. The van der Waals surface area contributed by atoms with Gasteiger partial charge in [-0.3, -0.25) is 4.90 Å². The van der Waals surface area contributed by atoms with Crippen LogP contribution in [0.3, 0.4) is 0 Å². The highest BCUT2D eigenvalue weighted by molar-refractivity contribution is 7.91. The molecule has 9 nitrogen and oxygen atoms in total. The molecule has 6 heterocycles. The third-order valence-corrected chi connectivity index (χ3v) is 12.2. The van der Waals surface area contributed by atoms with Gasteiger partial charge in [0.05, 0.1) is 39.8 Å². The highest BCUT2D eigenvalue weighted by Gasteiger charge is 2.49. The SMILES string of the molecule is CC#Cc1cc(N)c(F)c([C@@H]2Cc3nc(OC[C@@]45CCCN4CC(=CF)C5)nc(N4CC5CCC(C4)N5)c3CS2(=O)=O)c1C(F)(F)F. The van der Waals surface area contributed by atoms with Gasteiger partial charge >= 0.3 is 12.2 Å². The number of nitrogen functional groups attached to an aromatic ring is 1. The first kappa shape index (κ1) is 32.1. The predicted octanol–water partition coefficient (Wildman–Crippen LogP) is 4.21. The summed E-state index contributed by atoms with van der Waals surface area (Å²) < 4.78 is 107. The zero-order valence-electron chi connectivity index (χ0n) is 25.8. The summed E-state index contributed by atoms with van der Waals surface area (Å²) in [5.41, 5.74) is 2.72. The average Bonchev–Trinajstić information content (AvgIpc) is 3.67. The molecule has 7 rings (SSSR count). The first-order valence-corrected chi connectivity index (χ1v) is 17.4. The van der Waals surface area contributed by atoms with Crippen LogP contribution >= 0.6 is 0 Å². The van der Waals surface area contributed by atoms with E-state index >= 15 is 4.39 Å². The summed E-state index contributed by atoms with van der Waals surface area (Å²) >= 11 is 0. The monoisotopic (exact) mass is 678 g/mol. The molecule has 2 unspecified atom stereocenters. The smallest absolute Gasteiger partial charge is 0.418 e. The number of fused-ring (bicyclic) bond motifs is 4. The Hall–Kier alpha value is -3.48. The van der Waals surface area contributed by atoms with Crippen molar-refractivity contribution in [2.45, 2.75) is 80.3 Å². The van der Waals surface area contributed by atoms with E-state index in [1.54, 1.807) is 0 Å². The third-order valence-electron chi connectivity index (χ3n) is 10.2. The van der Waals surface area contributed by atoms with Crippen LogP contribution in [0.5, 0.6) is 6.01 Å². The van der Waals surface area contributed by atoms with Crippen molar-refractivity contribution in [3.8, 4) is 17.9 Å². The van der Waals surface area contributed by atoms with Crippen LogP contribution in [0.15, 0.2) is 18.0 Å². The number of aromatic nitrogens is 2.